The molecule has 2 aromatic carbocycles. The number of aryl methyl sites for hydroxylation is 2. The van der Waals surface area contributed by atoms with Crippen molar-refractivity contribution in [1.82, 2.24) is 0 Å². The molecule has 0 aliphatic carbocycles. The number of aliphatic hydroxyl groups excluding tert-OH is 1. The third kappa shape index (κ3) is 7.08. The Bertz CT molecular complexity index is 810. The molecule has 4 heteroatoms. The predicted octanol–water partition coefficient (Wildman–Crippen LogP) is 5.33. The van der Waals surface area contributed by atoms with E-state index in [9.17, 15) is 0 Å². The van der Waals surface area contributed by atoms with Gasteiger partial charge in [0, 0.05) is 19.6 Å². The van der Waals surface area contributed by atoms with Crippen LogP contribution in [-0.2, 0) is 17.6 Å². The summed E-state index contributed by atoms with van der Waals surface area (Å²) in [7, 11) is 1.60. The van der Waals surface area contributed by atoms with Crippen LogP contribution in [0.1, 0.15) is 30.9 Å². The highest BCUT2D eigenvalue weighted by atomic mass is 16.7. The Labute approximate surface area is 174 Å². The molecule has 0 saturated heterocycles. The van der Waals surface area contributed by atoms with E-state index in [1.165, 1.54) is 16.7 Å². The molecule has 29 heavy (non-hydrogen) atoms. The van der Waals surface area contributed by atoms with Crippen molar-refractivity contribution in [2.75, 3.05) is 27.1 Å². The van der Waals surface area contributed by atoms with Gasteiger partial charge in [-0.1, -0.05) is 37.8 Å². The number of rotatable bonds is 13. The van der Waals surface area contributed by atoms with Crippen molar-refractivity contribution in [2.45, 2.75) is 32.6 Å². The molecule has 0 radical (unpaired) electrons. The largest absolute Gasteiger partial charge is 0.493 e. The Balaban J connectivity index is 2.32. The number of hydrogen-bond acceptors (Lipinski definition) is 4. The summed E-state index contributed by atoms with van der Waals surface area (Å²) in [6.45, 7) is 10.4. The van der Waals surface area contributed by atoms with Gasteiger partial charge >= 0.3 is 0 Å². The van der Waals surface area contributed by atoms with Crippen molar-refractivity contribution in [3.63, 3.8) is 0 Å². The Hall–Kier alpha value is -2.56. The van der Waals surface area contributed by atoms with Gasteiger partial charge in [0.2, 0.25) is 0 Å². The lowest BCUT2D eigenvalue weighted by Gasteiger charge is -2.15. The molecular weight excluding hydrogens is 364 g/mol. The lowest BCUT2D eigenvalue weighted by molar-refractivity contribution is 0.0510. The van der Waals surface area contributed by atoms with Crippen molar-refractivity contribution < 1.29 is 19.3 Å². The Morgan fingerprint density at radius 1 is 1.10 bits per heavy atom. The molecule has 0 aliphatic rings. The van der Waals surface area contributed by atoms with Gasteiger partial charge in [0.15, 0.2) is 6.79 Å². The SMILES string of the molecule is C=CCCc1ccc(-c2cc(OCCC(=C)CO)cc(OCOC)c2)c(CC)c1. The van der Waals surface area contributed by atoms with E-state index in [1.807, 2.05) is 24.3 Å². The van der Waals surface area contributed by atoms with E-state index in [0.717, 1.165) is 36.1 Å². The van der Waals surface area contributed by atoms with E-state index in [-0.39, 0.29) is 13.4 Å². The number of aliphatic hydroxyl groups is 1. The molecule has 0 unspecified atom stereocenters. The predicted molar refractivity (Wildman–Crippen MR) is 119 cm³/mol. The van der Waals surface area contributed by atoms with Crippen molar-refractivity contribution in [3.05, 3.63) is 72.3 Å². The zero-order valence-electron chi connectivity index (χ0n) is 17.6. The molecule has 0 fully saturated rings. The molecule has 0 spiro atoms. The molecule has 0 amide bonds. The summed E-state index contributed by atoms with van der Waals surface area (Å²) < 4.78 is 16.6. The van der Waals surface area contributed by atoms with Gasteiger partial charge in [-0.2, -0.15) is 0 Å². The molecule has 0 heterocycles. The third-order valence-corrected chi connectivity index (χ3v) is 4.67. The van der Waals surface area contributed by atoms with Gasteiger partial charge in [-0.15, -0.1) is 6.58 Å². The monoisotopic (exact) mass is 396 g/mol. The van der Waals surface area contributed by atoms with Crippen LogP contribution in [0.3, 0.4) is 0 Å². The summed E-state index contributed by atoms with van der Waals surface area (Å²) in [6, 6.07) is 12.5. The van der Waals surface area contributed by atoms with Gasteiger partial charge in [0.1, 0.15) is 11.5 Å². The van der Waals surface area contributed by atoms with Gasteiger partial charge in [-0.25, -0.2) is 0 Å². The zero-order valence-corrected chi connectivity index (χ0v) is 17.6. The Kier molecular flexibility index (Phi) is 9.48. The number of benzene rings is 2. The van der Waals surface area contributed by atoms with Gasteiger partial charge in [0.25, 0.3) is 0 Å². The minimum atomic E-state index is -0.0241. The Morgan fingerprint density at radius 3 is 2.52 bits per heavy atom. The summed E-state index contributed by atoms with van der Waals surface area (Å²) >= 11 is 0. The van der Waals surface area contributed by atoms with Crippen LogP contribution in [0, 0.1) is 0 Å². The topological polar surface area (TPSA) is 47.9 Å². The fourth-order valence-electron chi connectivity index (χ4n) is 3.06. The van der Waals surface area contributed by atoms with Crippen LogP contribution >= 0.6 is 0 Å². The molecule has 0 bridgehead atoms. The quantitative estimate of drug-likeness (QED) is 0.367. The normalized spacial score (nSPS) is 10.6. The smallest absolute Gasteiger partial charge is 0.188 e. The number of hydrogen-bond donors (Lipinski definition) is 1. The fourth-order valence-corrected chi connectivity index (χ4v) is 3.06. The van der Waals surface area contributed by atoms with E-state index < -0.39 is 0 Å². The van der Waals surface area contributed by atoms with Crippen LogP contribution in [-0.4, -0.2) is 32.2 Å². The summed E-state index contributed by atoms with van der Waals surface area (Å²) in [6.07, 6.45) is 5.46. The Morgan fingerprint density at radius 2 is 1.86 bits per heavy atom. The average Bonchev–Trinajstić information content (AvgIpc) is 2.75. The van der Waals surface area contributed by atoms with Crippen LogP contribution in [0.5, 0.6) is 11.5 Å². The van der Waals surface area contributed by atoms with Gasteiger partial charge in [-0.3, -0.25) is 0 Å². The summed E-state index contributed by atoms with van der Waals surface area (Å²) in [4.78, 5) is 0. The molecule has 0 aliphatic heterocycles. The van der Waals surface area contributed by atoms with E-state index >= 15 is 0 Å². The fraction of sp³-hybridized carbons (Fsp3) is 0.360. The van der Waals surface area contributed by atoms with Crippen LogP contribution in [0.2, 0.25) is 0 Å². The first-order valence-electron chi connectivity index (χ1n) is 10.0. The molecule has 0 aromatic heterocycles. The lowest BCUT2D eigenvalue weighted by atomic mass is 9.94. The molecule has 0 saturated carbocycles. The van der Waals surface area contributed by atoms with E-state index in [4.69, 9.17) is 19.3 Å². The minimum Gasteiger partial charge on any atom is -0.493 e. The van der Waals surface area contributed by atoms with Crippen molar-refractivity contribution in [3.8, 4) is 22.6 Å². The van der Waals surface area contributed by atoms with Crippen LogP contribution in [0.25, 0.3) is 11.1 Å². The first-order valence-corrected chi connectivity index (χ1v) is 10.0. The maximum absolute atomic E-state index is 9.11. The maximum Gasteiger partial charge on any atom is 0.188 e. The summed E-state index contributed by atoms with van der Waals surface area (Å²) in [5.74, 6) is 1.41. The van der Waals surface area contributed by atoms with Crippen molar-refractivity contribution in [2.24, 2.45) is 0 Å². The molecule has 2 rings (SSSR count). The molecule has 156 valence electrons. The molecule has 0 atom stereocenters. The van der Waals surface area contributed by atoms with Crippen molar-refractivity contribution >= 4 is 0 Å². The molecule has 1 N–H and O–H groups in total. The average molecular weight is 397 g/mol. The zero-order chi connectivity index (χ0) is 21.1. The second kappa shape index (κ2) is 12.1. The molecule has 4 nitrogen and oxygen atoms in total. The van der Waals surface area contributed by atoms with Gasteiger partial charge in [0.05, 0.1) is 13.2 Å². The first-order chi connectivity index (χ1) is 14.1. The molecule has 2 aromatic rings. The number of methoxy groups -OCH3 is 1. The van der Waals surface area contributed by atoms with E-state index in [0.29, 0.717) is 18.8 Å². The van der Waals surface area contributed by atoms with Crippen molar-refractivity contribution in [1.29, 1.82) is 0 Å². The second-order valence-corrected chi connectivity index (χ2v) is 6.92. The van der Waals surface area contributed by atoms with Gasteiger partial charge < -0.3 is 19.3 Å². The second-order valence-electron chi connectivity index (χ2n) is 6.92. The number of ether oxygens (including phenoxy) is 3. The van der Waals surface area contributed by atoms with Crippen LogP contribution in [0.4, 0.5) is 0 Å². The van der Waals surface area contributed by atoms with E-state index in [2.05, 4.69) is 38.3 Å². The highest BCUT2D eigenvalue weighted by Gasteiger charge is 2.10. The summed E-state index contributed by atoms with van der Waals surface area (Å²) in [5.41, 5.74) is 5.57. The summed E-state index contributed by atoms with van der Waals surface area (Å²) in [5, 5.41) is 9.11. The molecular formula is C25H32O4. The van der Waals surface area contributed by atoms with E-state index in [1.54, 1.807) is 7.11 Å². The lowest BCUT2D eigenvalue weighted by Crippen LogP contribution is -2.03. The highest BCUT2D eigenvalue weighted by molar-refractivity contribution is 5.71. The van der Waals surface area contributed by atoms with Gasteiger partial charge in [-0.05, 0) is 59.2 Å². The third-order valence-electron chi connectivity index (χ3n) is 4.67. The van der Waals surface area contributed by atoms with Crippen LogP contribution < -0.4 is 9.47 Å². The highest BCUT2D eigenvalue weighted by Crippen LogP contribution is 2.33. The number of allylic oxidation sites excluding steroid dienone is 1. The first kappa shape index (κ1) is 22.7. The van der Waals surface area contributed by atoms with Crippen LogP contribution in [0.15, 0.2) is 61.2 Å². The standard InChI is InChI=1S/C25H32O4/c1-5-7-8-20-9-10-25(21(6-2)13-20)22-14-23(28-12-11-19(3)17-26)16-24(15-22)29-18-27-4/h5,9-10,13-16,26H,1,3,6-8,11-12,17-18H2,2,4H3. The maximum atomic E-state index is 9.11. The minimum absolute atomic E-state index is 0.0241.